The summed E-state index contributed by atoms with van der Waals surface area (Å²) in [6.07, 6.45) is 0.671. The second-order valence-corrected chi connectivity index (χ2v) is 4.97. The molecule has 0 spiro atoms. The number of hydrogen-bond acceptors (Lipinski definition) is 3. The van der Waals surface area contributed by atoms with Crippen LogP contribution >= 0.6 is 0 Å². The summed E-state index contributed by atoms with van der Waals surface area (Å²) in [6.45, 7) is 6.68. The quantitative estimate of drug-likeness (QED) is 0.861. The average Bonchev–Trinajstić information content (AvgIpc) is 2.45. The maximum atomic E-state index is 14.3. The Balaban J connectivity index is 2.21. The number of rotatable bonds is 5. The van der Waals surface area contributed by atoms with Crippen molar-refractivity contribution in [2.45, 2.75) is 32.9 Å². The maximum absolute atomic E-state index is 14.3. The van der Waals surface area contributed by atoms with E-state index >= 15 is 0 Å². The summed E-state index contributed by atoms with van der Waals surface area (Å²) in [4.78, 5) is 13.7. The largest absolute Gasteiger partial charge is 0.355 e. The first-order valence-corrected chi connectivity index (χ1v) is 7.20. The average molecular weight is 279 g/mol. The van der Waals surface area contributed by atoms with Gasteiger partial charge in [-0.05, 0) is 30.7 Å². The highest BCUT2D eigenvalue weighted by atomic mass is 19.1. The molecule has 20 heavy (non-hydrogen) atoms. The molecule has 4 nitrogen and oxygen atoms in total. The number of halogens is 1. The third-order valence-corrected chi connectivity index (χ3v) is 3.62. The van der Waals surface area contributed by atoms with Crippen LogP contribution in [-0.2, 0) is 11.3 Å². The normalized spacial score (nSPS) is 19.1. The second kappa shape index (κ2) is 6.70. The molecule has 1 aliphatic rings. The topological polar surface area (TPSA) is 44.4 Å². The van der Waals surface area contributed by atoms with Crippen LogP contribution in [0, 0.1) is 5.82 Å². The molecule has 1 unspecified atom stereocenters. The summed E-state index contributed by atoms with van der Waals surface area (Å²) in [5.41, 5.74) is 1.44. The van der Waals surface area contributed by atoms with Crippen molar-refractivity contribution >= 4 is 11.6 Å². The first kappa shape index (κ1) is 14.8. The fourth-order valence-corrected chi connectivity index (χ4v) is 2.57. The van der Waals surface area contributed by atoms with E-state index in [1.54, 1.807) is 12.1 Å². The zero-order valence-corrected chi connectivity index (χ0v) is 12.1. The van der Waals surface area contributed by atoms with E-state index in [0.717, 1.165) is 12.1 Å². The highest BCUT2D eigenvalue weighted by Gasteiger charge is 2.29. The number of anilines is 1. The second-order valence-electron chi connectivity index (χ2n) is 4.97. The number of amides is 1. The Morgan fingerprint density at radius 1 is 1.45 bits per heavy atom. The Labute approximate surface area is 119 Å². The van der Waals surface area contributed by atoms with E-state index in [0.29, 0.717) is 31.7 Å². The summed E-state index contributed by atoms with van der Waals surface area (Å²) in [5, 5.41) is 6.00. The molecule has 1 amide bonds. The molecule has 1 aromatic rings. The van der Waals surface area contributed by atoms with E-state index in [9.17, 15) is 9.18 Å². The van der Waals surface area contributed by atoms with Gasteiger partial charge in [-0.2, -0.15) is 0 Å². The Kier molecular flexibility index (Phi) is 4.95. The zero-order chi connectivity index (χ0) is 14.5. The molecule has 0 bridgehead atoms. The van der Waals surface area contributed by atoms with E-state index in [2.05, 4.69) is 10.6 Å². The van der Waals surface area contributed by atoms with Gasteiger partial charge in [-0.1, -0.05) is 19.9 Å². The zero-order valence-electron chi connectivity index (χ0n) is 12.1. The van der Waals surface area contributed by atoms with Gasteiger partial charge in [0.1, 0.15) is 11.9 Å². The number of piperazine rings is 1. The van der Waals surface area contributed by atoms with Crippen LogP contribution in [0.5, 0.6) is 0 Å². The predicted octanol–water partition coefficient (Wildman–Crippen LogP) is 1.65. The van der Waals surface area contributed by atoms with E-state index < -0.39 is 0 Å². The molecule has 1 aliphatic heterocycles. The smallest absolute Gasteiger partial charge is 0.242 e. The molecule has 2 N–H and O–H groups in total. The summed E-state index contributed by atoms with van der Waals surface area (Å²) >= 11 is 0. The predicted molar refractivity (Wildman–Crippen MR) is 78.2 cm³/mol. The minimum Gasteiger partial charge on any atom is -0.355 e. The third-order valence-electron chi connectivity index (χ3n) is 3.62. The molecule has 1 aromatic carbocycles. The van der Waals surface area contributed by atoms with Crippen LogP contribution in [0.4, 0.5) is 10.1 Å². The van der Waals surface area contributed by atoms with Crippen LogP contribution in [-0.4, -0.2) is 31.6 Å². The first-order chi connectivity index (χ1) is 9.67. The lowest BCUT2D eigenvalue weighted by atomic mass is 10.1. The van der Waals surface area contributed by atoms with Crippen LogP contribution in [0.15, 0.2) is 18.2 Å². The molecule has 0 aromatic heterocycles. The summed E-state index contributed by atoms with van der Waals surface area (Å²) in [7, 11) is 0. The van der Waals surface area contributed by atoms with Crippen LogP contribution in [0.25, 0.3) is 0 Å². The number of carbonyl (C=O) groups is 1. The van der Waals surface area contributed by atoms with Gasteiger partial charge in [-0.25, -0.2) is 4.39 Å². The van der Waals surface area contributed by atoms with E-state index in [-0.39, 0.29) is 17.8 Å². The van der Waals surface area contributed by atoms with Crippen LogP contribution in [0.1, 0.15) is 25.8 Å². The maximum Gasteiger partial charge on any atom is 0.242 e. The molecule has 1 saturated heterocycles. The fraction of sp³-hybridized carbons (Fsp3) is 0.533. The molecular weight excluding hydrogens is 257 g/mol. The van der Waals surface area contributed by atoms with E-state index in [1.165, 1.54) is 0 Å². The van der Waals surface area contributed by atoms with Gasteiger partial charge < -0.3 is 15.5 Å². The van der Waals surface area contributed by atoms with Crippen molar-refractivity contribution in [2.24, 2.45) is 0 Å². The Morgan fingerprint density at radius 3 is 2.90 bits per heavy atom. The number of carbonyl (C=O) groups excluding carboxylic acids is 1. The molecule has 0 radical (unpaired) electrons. The van der Waals surface area contributed by atoms with Crippen LogP contribution in [0.3, 0.4) is 0 Å². The fourth-order valence-electron chi connectivity index (χ4n) is 2.57. The lowest BCUT2D eigenvalue weighted by Gasteiger charge is -2.36. The van der Waals surface area contributed by atoms with Gasteiger partial charge in [0.05, 0.1) is 5.69 Å². The first-order valence-electron chi connectivity index (χ1n) is 7.20. The van der Waals surface area contributed by atoms with Crippen LogP contribution in [0.2, 0.25) is 0 Å². The third kappa shape index (κ3) is 3.10. The summed E-state index contributed by atoms with van der Waals surface area (Å²) < 4.78 is 14.3. The molecule has 0 aliphatic carbocycles. The Bertz CT molecular complexity index is 478. The van der Waals surface area contributed by atoms with Gasteiger partial charge >= 0.3 is 0 Å². The number of hydrogen-bond donors (Lipinski definition) is 2. The number of nitrogens with one attached hydrogen (secondary N) is 2. The van der Waals surface area contributed by atoms with Gasteiger partial charge in [0, 0.05) is 19.6 Å². The van der Waals surface area contributed by atoms with Crippen molar-refractivity contribution in [1.29, 1.82) is 0 Å². The van der Waals surface area contributed by atoms with Gasteiger partial charge in [-0.15, -0.1) is 0 Å². The standard InChI is InChI=1S/C15H22FN3O/c1-3-13-15(20)18-7-8-19(13)14-6-5-11(9-12(14)16)10-17-4-2/h5-6,9,13,17H,3-4,7-8,10H2,1-2H3,(H,18,20). The molecular formula is C15H22FN3O. The van der Waals surface area contributed by atoms with Gasteiger partial charge in [0.15, 0.2) is 0 Å². The minimum atomic E-state index is -0.280. The van der Waals surface area contributed by atoms with E-state index in [4.69, 9.17) is 0 Å². The Morgan fingerprint density at radius 2 is 2.25 bits per heavy atom. The summed E-state index contributed by atoms with van der Waals surface area (Å²) in [5.74, 6) is -0.275. The molecule has 0 saturated carbocycles. The van der Waals surface area contributed by atoms with Crippen molar-refractivity contribution in [1.82, 2.24) is 10.6 Å². The van der Waals surface area contributed by atoms with Gasteiger partial charge in [-0.3, -0.25) is 4.79 Å². The Hall–Kier alpha value is -1.62. The monoisotopic (exact) mass is 279 g/mol. The molecule has 1 atom stereocenters. The molecule has 2 rings (SSSR count). The van der Waals surface area contributed by atoms with Crippen LogP contribution < -0.4 is 15.5 Å². The number of benzene rings is 1. The van der Waals surface area contributed by atoms with Crippen molar-refractivity contribution in [3.05, 3.63) is 29.6 Å². The molecule has 1 heterocycles. The lowest BCUT2D eigenvalue weighted by Crippen LogP contribution is -2.55. The molecule has 5 heteroatoms. The van der Waals surface area contributed by atoms with Crippen molar-refractivity contribution in [2.75, 3.05) is 24.5 Å². The van der Waals surface area contributed by atoms with Crippen molar-refractivity contribution in [3.63, 3.8) is 0 Å². The van der Waals surface area contributed by atoms with Crippen molar-refractivity contribution < 1.29 is 9.18 Å². The molecule has 1 fully saturated rings. The minimum absolute atomic E-state index is 0.0186. The lowest BCUT2D eigenvalue weighted by molar-refractivity contribution is -0.123. The summed E-state index contributed by atoms with van der Waals surface area (Å²) in [6, 6.07) is 4.97. The van der Waals surface area contributed by atoms with Gasteiger partial charge in [0.25, 0.3) is 0 Å². The van der Waals surface area contributed by atoms with E-state index in [1.807, 2.05) is 24.8 Å². The number of nitrogens with zero attached hydrogens (tertiary/aromatic N) is 1. The molecule has 110 valence electrons. The van der Waals surface area contributed by atoms with Gasteiger partial charge in [0.2, 0.25) is 5.91 Å². The highest BCUT2D eigenvalue weighted by molar-refractivity contribution is 5.86. The highest BCUT2D eigenvalue weighted by Crippen LogP contribution is 2.25. The van der Waals surface area contributed by atoms with Crippen molar-refractivity contribution in [3.8, 4) is 0 Å². The SMILES string of the molecule is CCNCc1ccc(N2CCNC(=O)C2CC)c(F)c1.